The predicted octanol–water partition coefficient (Wildman–Crippen LogP) is 6.61. The number of aromatic nitrogens is 2. The van der Waals surface area contributed by atoms with Gasteiger partial charge in [-0.05, 0) is 93.2 Å². The van der Waals surface area contributed by atoms with E-state index < -0.39 is 40.2 Å². The first-order chi connectivity index (χ1) is 23.8. The minimum absolute atomic E-state index is 0.0369. The lowest BCUT2D eigenvalue weighted by atomic mass is 9.39. The lowest BCUT2D eigenvalue weighted by Crippen LogP contribution is -2.64. The van der Waals surface area contributed by atoms with E-state index >= 15 is 0 Å². The molecule has 4 bridgehead atoms. The van der Waals surface area contributed by atoms with Gasteiger partial charge in [-0.25, -0.2) is 4.79 Å². The molecular weight excluding hydrogens is 685 g/mol. The highest BCUT2D eigenvalue weighted by Gasteiger charge is 2.66. The molecule has 7 rings (SSSR count). The third-order valence-electron chi connectivity index (χ3n) is 11.1. The summed E-state index contributed by atoms with van der Waals surface area (Å²) in [7, 11) is -4.44. The maximum Gasteiger partial charge on any atom is 0.420 e. The number of nitrogens with one attached hydrogen (secondary N) is 1. The number of halogens is 3. The monoisotopic (exact) mass is 734 g/mol. The number of aliphatic carboxylic acids is 1. The molecule has 0 saturated heterocycles. The van der Waals surface area contributed by atoms with Crippen LogP contribution in [0, 0.1) is 30.1 Å². The number of carboxylic acid groups (broad SMARTS) is 1. The smallest absolute Gasteiger partial charge is 0.420 e. The first kappa shape index (κ1) is 37.6. The normalized spacial score (nSPS) is 30.6. The molecule has 5 aliphatic rings. The molecule has 4 unspecified atom stereocenters. The average Bonchev–Trinajstić information content (AvgIpc) is 3.36. The van der Waals surface area contributed by atoms with Crippen LogP contribution in [0.3, 0.4) is 0 Å². The fourth-order valence-electron chi connectivity index (χ4n) is 10.3. The van der Waals surface area contributed by atoms with Gasteiger partial charge in [-0.15, -0.1) is 0 Å². The van der Waals surface area contributed by atoms with Gasteiger partial charge < -0.3 is 20.1 Å². The van der Waals surface area contributed by atoms with Gasteiger partial charge in [-0.3, -0.25) is 8.86 Å². The number of carbonyl (C=O) groups is 1. The Labute approximate surface area is 298 Å². The van der Waals surface area contributed by atoms with E-state index in [-0.39, 0.29) is 40.4 Å². The molecular formula is C37H49F3N4O6S. The van der Waals surface area contributed by atoms with Crippen LogP contribution in [0.15, 0.2) is 54.9 Å². The van der Waals surface area contributed by atoms with E-state index in [9.17, 15) is 31.5 Å². The molecule has 10 nitrogen and oxygen atoms in total. The zero-order chi connectivity index (χ0) is 36.9. The molecule has 4 fully saturated rings. The largest absolute Gasteiger partial charge is 0.479 e. The Hall–Kier alpha value is -3.20. The Morgan fingerprint density at radius 1 is 1.04 bits per heavy atom. The summed E-state index contributed by atoms with van der Waals surface area (Å²) in [5.41, 5.74) is 2.06. The number of benzene rings is 1. The predicted molar refractivity (Wildman–Crippen MR) is 187 cm³/mol. The second-order valence-electron chi connectivity index (χ2n) is 16.2. The van der Waals surface area contributed by atoms with Crippen LogP contribution in [0.25, 0.3) is 0 Å². The molecule has 0 spiro atoms. The van der Waals surface area contributed by atoms with Gasteiger partial charge in [0.2, 0.25) is 0 Å². The van der Waals surface area contributed by atoms with E-state index in [1.807, 2.05) is 17.7 Å². The zero-order valence-electron chi connectivity index (χ0n) is 29.7. The van der Waals surface area contributed by atoms with Gasteiger partial charge in [0.25, 0.3) is 10.1 Å². The van der Waals surface area contributed by atoms with E-state index in [0.29, 0.717) is 19.7 Å². The summed E-state index contributed by atoms with van der Waals surface area (Å²) in [5, 5.41) is 17.7. The minimum Gasteiger partial charge on any atom is -0.479 e. The summed E-state index contributed by atoms with van der Waals surface area (Å²) >= 11 is 0. The quantitative estimate of drug-likeness (QED) is 0.154. The highest BCUT2D eigenvalue weighted by atomic mass is 32.2. The van der Waals surface area contributed by atoms with Gasteiger partial charge in [-0.2, -0.15) is 26.7 Å². The van der Waals surface area contributed by atoms with Crippen LogP contribution in [0.2, 0.25) is 0 Å². The van der Waals surface area contributed by atoms with E-state index in [2.05, 4.69) is 23.3 Å². The van der Waals surface area contributed by atoms with Crippen molar-refractivity contribution in [1.82, 2.24) is 15.1 Å². The van der Waals surface area contributed by atoms with Crippen molar-refractivity contribution < 1.29 is 40.4 Å². The van der Waals surface area contributed by atoms with Gasteiger partial charge >= 0.3 is 12.1 Å². The number of aryl methyl sites for hydroxylation is 1. The third kappa shape index (κ3) is 8.23. The molecule has 14 heteroatoms. The van der Waals surface area contributed by atoms with Crippen LogP contribution in [-0.4, -0.2) is 72.5 Å². The van der Waals surface area contributed by atoms with Crippen molar-refractivity contribution in [3.63, 3.8) is 0 Å². The molecule has 1 aromatic carbocycles. The van der Waals surface area contributed by atoms with Crippen molar-refractivity contribution >= 4 is 21.8 Å². The molecule has 0 amide bonds. The van der Waals surface area contributed by atoms with Crippen LogP contribution in [0.4, 0.5) is 18.9 Å². The number of anilines is 1. The first-order valence-electron chi connectivity index (χ1n) is 17.6. The van der Waals surface area contributed by atoms with Gasteiger partial charge in [0.1, 0.15) is 6.04 Å². The Bertz CT molecular complexity index is 1750. The summed E-state index contributed by atoms with van der Waals surface area (Å²) in [4.78, 5) is 13.7. The second kappa shape index (κ2) is 13.7. The van der Waals surface area contributed by atoms with E-state index in [1.54, 1.807) is 36.4 Å². The van der Waals surface area contributed by atoms with E-state index in [1.165, 1.54) is 24.3 Å². The van der Waals surface area contributed by atoms with Crippen LogP contribution in [0.5, 0.6) is 0 Å². The maximum absolute atomic E-state index is 13.7. The van der Waals surface area contributed by atoms with Crippen molar-refractivity contribution in [3.8, 4) is 0 Å². The fourth-order valence-corrected chi connectivity index (χ4v) is 11.4. The standard InChI is InChI=1S/C37H49F3N4O6S/c1-26-9-11-28(12-10-26)31(37(38,39)40)50-51(47,48)17-7-13-41-14-16-49-36-22-33(3)19-34(4,23-36)21-35(20-33,24-36)25-44-27(2)30(18-42-44)43-15-6-5-8-29(43)32(45)46/h5-6,8-12,15,18,29,31,41H,7,13-14,16-17,19-25H2,1-4H3,(H,45,46). The Kier molecular flexibility index (Phi) is 10.1. The van der Waals surface area contributed by atoms with Gasteiger partial charge in [0, 0.05) is 19.3 Å². The molecule has 4 atom stereocenters. The number of alkyl halides is 3. The van der Waals surface area contributed by atoms with Gasteiger partial charge in [0.15, 0.2) is 6.10 Å². The van der Waals surface area contributed by atoms with Crippen molar-refractivity contribution in [2.75, 3.05) is 30.3 Å². The molecule has 1 aliphatic heterocycles. The maximum atomic E-state index is 13.7. The minimum atomic E-state index is -4.88. The number of rotatable bonds is 15. The first-order valence-corrected chi connectivity index (χ1v) is 19.2. The van der Waals surface area contributed by atoms with Crippen LogP contribution >= 0.6 is 0 Å². The summed E-state index contributed by atoms with van der Waals surface area (Å²) in [6.07, 6.45) is 7.49. The molecule has 0 radical (unpaired) electrons. The lowest BCUT2D eigenvalue weighted by Gasteiger charge is -2.69. The Morgan fingerprint density at radius 2 is 1.73 bits per heavy atom. The number of ether oxygens (including phenoxy) is 1. The molecule has 4 saturated carbocycles. The molecule has 280 valence electrons. The summed E-state index contributed by atoms with van der Waals surface area (Å²) in [6.45, 7) is 10.3. The fraction of sp³-hybridized carbons (Fsp3) is 0.622. The number of allylic oxidation sites excluding steroid dienone is 2. The Morgan fingerprint density at radius 3 is 2.37 bits per heavy atom. The third-order valence-corrected chi connectivity index (χ3v) is 12.3. The molecule has 51 heavy (non-hydrogen) atoms. The zero-order valence-corrected chi connectivity index (χ0v) is 30.5. The number of hydrogen-bond acceptors (Lipinski definition) is 8. The molecule has 2 N–H and O–H groups in total. The van der Waals surface area contributed by atoms with E-state index in [0.717, 1.165) is 55.5 Å². The van der Waals surface area contributed by atoms with Crippen molar-refractivity contribution in [2.24, 2.45) is 16.2 Å². The number of hydrogen-bond donors (Lipinski definition) is 2. The van der Waals surface area contributed by atoms with Gasteiger partial charge in [0.05, 0.1) is 35.5 Å². The van der Waals surface area contributed by atoms with E-state index in [4.69, 9.17) is 9.84 Å². The molecule has 2 aromatic rings. The molecule has 2 heterocycles. The second-order valence-corrected chi connectivity index (χ2v) is 17.9. The van der Waals surface area contributed by atoms with Crippen molar-refractivity contribution in [3.05, 3.63) is 71.7 Å². The number of nitrogens with zero attached hydrogens (tertiary/aromatic N) is 3. The molecule has 1 aromatic heterocycles. The van der Waals surface area contributed by atoms with Gasteiger partial charge in [-0.1, -0.05) is 55.8 Å². The average molecular weight is 735 g/mol. The summed E-state index contributed by atoms with van der Waals surface area (Å²) < 4.78 is 79.6. The SMILES string of the molecule is Cc1ccc(C(OS(=O)(=O)CCCNCCOC23CC4(C)CC(C)(CC(Cn5ncc(N6C=CC=CC6C(=O)O)c5C)(C4)C2)C3)C(F)(F)F)cc1. The molecule has 4 aliphatic carbocycles. The highest BCUT2D eigenvalue weighted by molar-refractivity contribution is 7.86. The van der Waals surface area contributed by atoms with Crippen LogP contribution < -0.4 is 10.2 Å². The van der Waals surface area contributed by atoms with Crippen molar-refractivity contribution in [2.45, 2.75) is 103 Å². The summed E-state index contributed by atoms with van der Waals surface area (Å²) in [6, 6.07) is 4.64. The Balaban J connectivity index is 1.03. The van der Waals surface area contributed by atoms with Crippen LogP contribution in [-0.2, 0) is 30.4 Å². The van der Waals surface area contributed by atoms with Crippen molar-refractivity contribution in [1.29, 1.82) is 0 Å². The topological polar surface area (TPSA) is 123 Å². The summed E-state index contributed by atoms with van der Waals surface area (Å²) in [5.74, 6) is -1.47. The highest BCUT2D eigenvalue weighted by Crippen LogP contribution is 2.72. The lowest BCUT2D eigenvalue weighted by molar-refractivity contribution is -0.247. The number of carboxylic acids is 1. The van der Waals surface area contributed by atoms with Crippen LogP contribution in [0.1, 0.15) is 81.7 Å².